The third-order valence-electron chi connectivity index (χ3n) is 2.56. The molecule has 0 bridgehead atoms. The predicted octanol–water partition coefficient (Wildman–Crippen LogP) is 5.01. The predicted molar refractivity (Wildman–Crippen MR) is 119 cm³/mol. The molecule has 0 aliphatic rings. The Morgan fingerprint density at radius 1 is 0.733 bits per heavy atom. The monoisotopic (exact) mass is 504 g/mol. The molecule has 0 atom stereocenters. The fourth-order valence-corrected chi connectivity index (χ4v) is 1.53. The zero-order chi connectivity index (χ0) is 23.5. The number of hydrogen-bond donors (Lipinski definition) is 2. The van der Waals surface area contributed by atoms with Crippen molar-refractivity contribution in [1.29, 1.82) is 0 Å². The van der Waals surface area contributed by atoms with Crippen LogP contribution in [0.3, 0.4) is 0 Å². The minimum atomic E-state index is -4.19. The van der Waals surface area contributed by atoms with Gasteiger partial charge in [-0.3, -0.25) is 9.11 Å². The summed E-state index contributed by atoms with van der Waals surface area (Å²) in [7, 11) is -0.273. The number of unbranched alkanes of at least 4 members (excludes halogenated alkanes) is 1. The Morgan fingerprint density at radius 3 is 1.37 bits per heavy atom. The summed E-state index contributed by atoms with van der Waals surface area (Å²) < 4.78 is 61.0. The molecule has 0 aromatic heterocycles. The second kappa shape index (κ2) is 18.2. The maximum absolute atomic E-state index is 8.95. The summed E-state index contributed by atoms with van der Waals surface area (Å²) in [6, 6.07) is 19.7. The Kier molecular flexibility index (Phi) is 18.6. The van der Waals surface area contributed by atoms with E-state index in [-0.39, 0.29) is 0 Å². The second-order valence-corrected chi connectivity index (χ2v) is 9.07. The molecule has 0 spiro atoms. The Morgan fingerprint density at radius 2 is 1.07 bits per heavy atom. The van der Waals surface area contributed by atoms with Gasteiger partial charge in [0.15, 0.2) is 0 Å². The van der Waals surface area contributed by atoms with Crippen molar-refractivity contribution in [3.63, 3.8) is 0 Å². The van der Waals surface area contributed by atoms with Gasteiger partial charge in [-0.1, -0.05) is 49.7 Å². The third-order valence-corrected chi connectivity index (χ3v) is 2.56. The van der Waals surface area contributed by atoms with Gasteiger partial charge in [-0.15, -0.1) is 0 Å². The van der Waals surface area contributed by atoms with Crippen LogP contribution in [0.2, 0.25) is 0 Å². The molecule has 2 aromatic carbocycles. The van der Waals surface area contributed by atoms with Gasteiger partial charge in [-0.2, -0.15) is 16.8 Å². The van der Waals surface area contributed by atoms with Gasteiger partial charge < -0.3 is 9.47 Å². The van der Waals surface area contributed by atoms with Crippen molar-refractivity contribution in [3.8, 4) is 11.5 Å². The lowest BCUT2D eigenvalue weighted by molar-refractivity contribution is 0.309. The van der Waals surface area contributed by atoms with E-state index in [2.05, 4.69) is 28.3 Å². The normalized spacial score (nSPS) is 10.1. The molecule has 0 aliphatic carbocycles. The Hall–Kier alpha value is -1.56. The summed E-state index contributed by atoms with van der Waals surface area (Å²) in [6.45, 7) is 5.71. The third kappa shape index (κ3) is 34.0. The van der Waals surface area contributed by atoms with Crippen LogP contribution in [0.15, 0.2) is 60.7 Å². The number of para-hydroxylation sites is 2. The molecule has 0 aliphatic heterocycles. The first kappa shape index (κ1) is 30.6. The molecular formula is C18H26Cl2O8S2. The summed E-state index contributed by atoms with van der Waals surface area (Å²) in [5, 5.41) is 0. The van der Waals surface area contributed by atoms with Crippen molar-refractivity contribution in [2.45, 2.75) is 26.7 Å². The molecule has 8 nitrogen and oxygen atoms in total. The van der Waals surface area contributed by atoms with Crippen LogP contribution in [-0.2, 0) is 18.7 Å². The SMILES string of the molecule is CCCCOc1ccccc1.CCOc1ccccc1.O=S(=O)(O)Cl.O=S(=O)(O)Cl. The van der Waals surface area contributed by atoms with Crippen molar-refractivity contribution in [3.05, 3.63) is 60.7 Å². The maximum Gasteiger partial charge on any atom is 0.353 e. The van der Waals surface area contributed by atoms with Gasteiger partial charge in [0.05, 0.1) is 13.2 Å². The lowest BCUT2D eigenvalue weighted by atomic mass is 10.3. The summed E-state index contributed by atoms with van der Waals surface area (Å²) >= 11 is 0. The number of rotatable bonds is 6. The highest BCUT2D eigenvalue weighted by atomic mass is 35.7. The van der Waals surface area contributed by atoms with E-state index in [4.69, 9.17) is 35.4 Å². The first-order chi connectivity index (χ1) is 13.9. The Labute approximate surface area is 187 Å². The molecule has 0 amide bonds. The van der Waals surface area contributed by atoms with Gasteiger partial charge in [0.2, 0.25) is 0 Å². The van der Waals surface area contributed by atoms with Crippen molar-refractivity contribution >= 4 is 40.0 Å². The maximum atomic E-state index is 8.95. The molecule has 0 heterocycles. The van der Waals surface area contributed by atoms with Crippen molar-refractivity contribution in [2.24, 2.45) is 0 Å². The molecule has 0 saturated carbocycles. The highest BCUT2D eigenvalue weighted by Crippen LogP contribution is 2.08. The average Bonchev–Trinajstić information content (AvgIpc) is 2.62. The molecule has 2 aromatic rings. The lowest BCUT2D eigenvalue weighted by Crippen LogP contribution is -1.95. The molecular weight excluding hydrogens is 479 g/mol. The van der Waals surface area contributed by atoms with Crippen LogP contribution in [0.25, 0.3) is 0 Å². The van der Waals surface area contributed by atoms with E-state index in [0.29, 0.717) is 0 Å². The number of ether oxygens (including phenoxy) is 2. The summed E-state index contributed by atoms with van der Waals surface area (Å²) in [6.07, 6.45) is 2.32. The first-order valence-electron chi connectivity index (χ1n) is 8.56. The van der Waals surface area contributed by atoms with Crippen LogP contribution in [-0.4, -0.2) is 39.2 Å². The van der Waals surface area contributed by atoms with Crippen molar-refractivity contribution in [2.75, 3.05) is 13.2 Å². The molecule has 0 fully saturated rings. The van der Waals surface area contributed by atoms with Crippen LogP contribution in [0, 0.1) is 0 Å². The van der Waals surface area contributed by atoms with Crippen molar-refractivity contribution in [1.82, 2.24) is 0 Å². The van der Waals surface area contributed by atoms with Gasteiger partial charge in [-0.05, 0) is 37.6 Å². The van der Waals surface area contributed by atoms with Crippen LogP contribution in [0.1, 0.15) is 26.7 Å². The minimum Gasteiger partial charge on any atom is -0.494 e. The lowest BCUT2D eigenvalue weighted by Gasteiger charge is -2.03. The van der Waals surface area contributed by atoms with Gasteiger partial charge in [-0.25, -0.2) is 0 Å². The van der Waals surface area contributed by atoms with Crippen LogP contribution < -0.4 is 9.47 Å². The molecule has 2 N–H and O–H groups in total. The molecule has 0 saturated heterocycles. The molecule has 172 valence electrons. The van der Waals surface area contributed by atoms with Crippen LogP contribution >= 0.6 is 21.4 Å². The average molecular weight is 505 g/mol. The zero-order valence-corrected chi connectivity index (χ0v) is 19.7. The number of benzene rings is 2. The largest absolute Gasteiger partial charge is 0.494 e. The van der Waals surface area contributed by atoms with Gasteiger partial charge >= 0.3 is 18.7 Å². The Bertz CT molecular complexity index is 800. The molecule has 12 heteroatoms. The fourth-order valence-electron chi connectivity index (χ4n) is 1.53. The topological polar surface area (TPSA) is 127 Å². The van der Waals surface area contributed by atoms with E-state index < -0.39 is 18.7 Å². The van der Waals surface area contributed by atoms with E-state index in [1.54, 1.807) is 0 Å². The summed E-state index contributed by atoms with van der Waals surface area (Å²) in [4.78, 5) is 0. The number of hydrogen-bond acceptors (Lipinski definition) is 6. The highest BCUT2D eigenvalue weighted by molar-refractivity contribution is 8.09. The van der Waals surface area contributed by atoms with Gasteiger partial charge in [0.1, 0.15) is 11.5 Å². The van der Waals surface area contributed by atoms with E-state index in [9.17, 15) is 0 Å². The highest BCUT2D eigenvalue weighted by Gasteiger charge is 1.89. The van der Waals surface area contributed by atoms with Gasteiger partial charge in [0, 0.05) is 21.4 Å². The van der Waals surface area contributed by atoms with E-state index in [1.807, 2.05) is 67.6 Å². The van der Waals surface area contributed by atoms with Crippen molar-refractivity contribution < 1.29 is 35.4 Å². The zero-order valence-electron chi connectivity index (χ0n) is 16.5. The molecule has 0 unspecified atom stereocenters. The van der Waals surface area contributed by atoms with E-state index in [1.165, 1.54) is 6.42 Å². The standard InChI is InChI=1S/C10H14O.C8H10O.2ClHO3S/c1-2-3-9-11-10-7-5-4-6-8-10;1-2-9-8-6-4-3-5-7-8;2*1-5(2,3)4/h4-8H,2-3,9H2,1H3;3-7H,2H2,1H3;2*(H,2,3,4). The van der Waals surface area contributed by atoms with Crippen LogP contribution in [0.4, 0.5) is 0 Å². The Balaban J connectivity index is 0. The summed E-state index contributed by atoms with van der Waals surface area (Å²) in [5.74, 6) is 1.92. The van der Waals surface area contributed by atoms with E-state index in [0.717, 1.165) is 31.1 Å². The number of halogens is 2. The molecule has 0 radical (unpaired) electrons. The summed E-state index contributed by atoms with van der Waals surface area (Å²) in [5.41, 5.74) is 0. The van der Waals surface area contributed by atoms with Gasteiger partial charge in [0.25, 0.3) is 0 Å². The smallest absolute Gasteiger partial charge is 0.353 e. The molecule has 30 heavy (non-hydrogen) atoms. The first-order valence-corrected chi connectivity index (χ1v) is 13.1. The van der Waals surface area contributed by atoms with Crippen LogP contribution in [0.5, 0.6) is 11.5 Å². The quantitative estimate of drug-likeness (QED) is 0.319. The second-order valence-electron chi connectivity index (χ2n) is 5.09. The van der Waals surface area contributed by atoms with E-state index >= 15 is 0 Å². The molecule has 2 rings (SSSR count). The fraction of sp³-hybridized carbons (Fsp3) is 0.333. The minimum absolute atomic E-state index is 0.740.